The predicted molar refractivity (Wildman–Crippen MR) is 95.0 cm³/mol. The molecule has 2 N–H and O–H groups in total. The lowest BCUT2D eigenvalue weighted by Crippen LogP contribution is -2.40. The number of hydrogen-bond acceptors (Lipinski definition) is 4. The second-order valence-electron chi connectivity index (χ2n) is 7.62. The fourth-order valence-electron chi connectivity index (χ4n) is 3.64. The molecule has 3 rings (SSSR count). The molecule has 0 radical (unpaired) electrons. The molecule has 4 amide bonds. The smallest absolute Gasteiger partial charge is 0.325 e. The number of imide groups is 1. The van der Waals surface area contributed by atoms with Crippen LogP contribution in [-0.4, -0.2) is 57.5 Å². The van der Waals surface area contributed by atoms with Crippen LogP contribution in [0.4, 0.5) is 9.18 Å². The van der Waals surface area contributed by atoms with Crippen LogP contribution in [0.1, 0.15) is 44.7 Å². The zero-order chi connectivity index (χ0) is 19.8. The standard InChI is InChI=1S/C19H24FN3O4/c1-19(2)17(26)22(18(27)21-19)9-3-4-16(25)23-11-14(24)10-15(23)12-5-7-13(20)8-6-12/h5-8,14-15,24H,3-4,9-11H2,1-2H3,(H,21,27). The summed E-state index contributed by atoms with van der Waals surface area (Å²) in [5.74, 6) is -0.820. The Morgan fingerprint density at radius 3 is 2.56 bits per heavy atom. The molecule has 146 valence electrons. The van der Waals surface area contributed by atoms with Crippen LogP contribution >= 0.6 is 0 Å². The molecule has 0 bridgehead atoms. The first-order chi connectivity index (χ1) is 12.7. The summed E-state index contributed by atoms with van der Waals surface area (Å²) in [6.45, 7) is 3.66. The number of hydrogen-bond donors (Lipinski definition) is 2. The molecule has 2 unspecified atom stereocenters. The Kier molecular flexibility index (Phi) is 5.19. The highest BCUT2D eigenvalue weighted by atomic mass is 19.1. The maximum absolute atomic E-state index is 13.1. The molecule has 0 saturated carbocycles. The van der Waals surface area contributed by atoms with Gasteiger partial charge in [0.15, 0.2) is 0 Å². The summed E-state index contributed by atoms with van der Waals surface area (Å²) in [4.78, 5) is 39.4. The van der Waals surface area contributed by atoms with Gasteiger partial charge in [-0.15, -0.1) is 0 Å². The number of nitrogens with one attached hydrogen (secondary N) is 1. The summed E-state index contributed by atoms with van der Waals surface area (Å²) in [5.41, 5.74) is -0.148. The molecule has 2 fully saturated rings. The number of nitrogens with zero attached hydrogens (tertiary/aromatic N) is 2. The van der Waals surface area contributed by atoms with Gasteiger partial charge in [-0.25, -0.2) is 9.18 Å². The minimum absolute atomic E-state index is 0.155. The molecule has 27 heavy (non-hydrogen) atoms. The van der Waals surface area contributed by atoms with Crippen molar-refractivity contribution in [3.05, 3.63) is 35.6 Å². The number of rotatable bonds is 5. The van der Waals surface area contributed by atoms with Crippen LogP contribution in [0.2, 0.25) is 0 Å². The van der Waals surface area contributed by atoms with Gasteiger partial charge in [0.25, 0.3) is 5.91 Å². The molecular formula is C19H24FN3O4. The highest BCUT2D eigenvalue weighted by molar-refractivity contribution is 6.06. The zero-order valence-corrected chi connectivity index (χ0v) is 15.4. The van der Waals surface area contributed by atoms with Gasteiger partial charge in [0.05, 0.1) is 12.1 Å². The van der Waals surface area contributed by atoms with E-state index < -0.39 is 17.7 Å². The van der Waals surface area contributed by atoms with Crippen LogP contribution in [-0.2, 0) is 9.59 Å². The van der Waals surface area contributed by atoms with Crippen molar-refractivity contribution in [2.45, 2.75) is 50.8 Å². The number of aliphatic hydroxyl groups excluding tert-OH is 1. The number of likely N-dealkylation sites (tertiary alicyclic amines) is 1. The Morgan fingerprint density at radius 2 is 1.96 bits per heavy atom. The Balaban J connectivity index is 1.59. The van der Waals surface area contributed by atoms with Crippen LogP contribution in [0.5, 0.6) is 0 Å². The van der Waals surface area contributed by atoms with Crippen molar-refractivity contribution in [1.29, 1.82) is 0 Å². The summed E-state index contributed by atoms with van der Waals surface area (Å²) in [7, 11) is 0. The topological polar surface area (TPSA) is 90.0 Å². The van der Waals surface area contributed by atoms with E-state index in [-0.39, 0.29) is 43.2 Å². The first-order valence-electron chi connectivity index (χ1n) is 9.06. The van der Waals surface area contributed by atoms with E-state index in [1.165, 1.54) is 12.1 Å². The van der Waals surface area contributed by atoms with Crippen molar-refractivity contribution in [2.24, 2.45) is 0 Å². The molecule has 7 nitrogen and oxygen atoms in total. The predicted octanol–water partition coefficient (Wildman–Crippen LogP) is 1.57. The molecular weight excluding hydrogens is 353 g/mol. The maximum atomic E-state index is 13.1. The number of amides is 4. The average molecular weight is 377 g/mol. The number of halogens is 1. The maximum Gasteiger partial charge on any atom is 0.325 e. The molecule has 8 heteroatoms. The second-order valence-corrected chi connectivity index (χ2v) is 7.62. The lowest BCUT2D eigenvalue weighted by atomic mass is 10.0. The first-order valence-corrected chi connectivity index (χ1v) is 9.06. The van der Waals surface area contributed by atoms with E-state index in [9.17, 15) is 23.9 Å². The van der Waals surface area contributed by atoms with Gasteiger partial charge in [-0.2, -0.15) is 0 Å². The molecule has 2 atom stereocenters. The fourth-order valence-corrected chi connectivity index (χ4v) is 3.64. The Hall–Kier alpha value is -2.48. The molecule has 0 aliphatic carbocycles. The van der Waals surface area contributed by atoms with Gasteiger partial charge in [-0.05, 0) is 44.4 Å². The molecule has 1 aromatic carbocycles. The lowest BCUT2D eigenvalue weighted by molar-refractivity contribution is -0.134. The van der Waals surface area contributed by atoms with Gasteiger partial charge >= 0.3 is 6.03 Å². The highest BCUT2D eigenvalue weighted by Gasteiger charge is 2.44. The second kappa shape index (κ2) is 7.26. The van der Waals surface area contributed by atoms with Gasteiger partial charge in [-0.1, -0.05) is 12.1 Å². The van der Waals surface area contributed by atoms with Crippen molar-refractivity contribution in [3.63, 3.8) is 0 Å². The van der Waals surface area contributed by atoms with Gasteiger partial charge < -0.3 is 15.3 Å². The molecule has 2 saturated heterocycles. The summed E-state index contributed by atoms with van der Waals surface area (Å²) in [5, 5.41) is 12.6. The summed E-state index contributed by atoms with van der Waals surface area (Å²) in [6.07, 6.45) is 0.271. The van der Waals surface area contributed by atoms with E-state index in [1.807, 2.05) is 0 Å². The Morgan fingerprint density at radius 1 is 1.30 bits per heavy atom. The molecule has 2 heterocycles. The third-order valence-electron chi connectivity index (χ3n) is 5.07. The van der Waals surface area contributed by atoms with Crippen molar-refractivity contribution in [1.82, 2.24) is 15.1 Å². The zero-order valence-electron chi connectivity index (χ0n) is 15.4. The molecule has 0 spiro atoms. The molecule has 0 aromatic heterocycles. The SMILES string of the molecule is CC1(C)NC(=O)N(CCCC(=O)N2CC(O)CC2c2ccc(F)cc2)C1=O. The quantitative estimate of drug-likeness (QED) is 0.763. The summed E-state index contributed by atoms with van der Waals surface area (Å²) < 4.78 is 13.1. The minimum atomic E-state index is -0.923. The van der Waals surface area contributed by atoms with Gasteiger partial charge in [0.1, 0.15) is 11.4 Å². The third kappa shape index (κ3) is 3.95. The minimum Gasteiger partial charge on any atom is -0.391 e. The lowest BCUT2D eigenvalue weighted by Gasteiger charge is -2.25. The summed E-state index contributed by atoms with van der Waals surface area (Å²) in [6, 6.07) is 5.16. The van der Waals surface area contributed by atoms with Crippen LogP contribution in [0.3, 0.4) is 0 Å². The first kappa shape index (κ1) is 19.3. The van der Waals surface area contributed by atoms with E-state index >= 15 is 0 Å². The van der Waals surface area contributed by atoms with E-state index in [0.29, 0.717) is 12.8 Å². The largest absolute Gasteiger partial charge is 0.391 e. The molecule has 2 aliphatic rings. The monoisotopic (exact) mass is 377 g/mol. The number of aliphatic hydroxyl groups is 1. The highest BCUT2D eigenvalue weighted by Crippen LogP contribution is 2.33. The van der Waals surface area contributed by atoms with Gasteiger partial charge in [0.2, 0.25) is 5.91 Å². The summed E-state index contributed by atoms with van der Waals surface area (Å²) >= 11 is 0. The van der Waals surface area contributed by atoms with Crippen molar-refractivity contribution >= 4 is 17.8 Å². The van der Waals surface area contributed by atoms with Crippen molar-refractivity contribution in [2.75, 3.05) is 13.1 Å². The average Bonchev–Trinajstić information content (AvgIpc) is 3.07. The van der Waals surface area contributed by atoms with E-state index in [4.69, 9.17) is 0 Å². The number of urea groups is 1. The van der Waals surface area contributed by atoms with Gasteiger partial charge in [-0.3, -0.25) is 14.5 Å². The fraction of sp³-hybridized carbons (Fsp3) is 0.526. The normalized spacial score (nSPS) is 24.4. The van der Waals surface area contributed by atoms with Crippen LogP contribution in [0, 0.1) is 5.82 Å². The Bertz CT molecular complexity index is 750. The molecule has 2 aliphatic heterocycles. The van der Waals surface area contributed by atoms with Gasteiger partial charge in [0, 0.05) is 19.5 Å². The third-order valence-corrected chi connectivity index (χ3v) is 5.07. The number of carbonyl (C=O) groups is 3. The van der Waals surface area contributed by atoms with Crippen LogP contribution in [0.15, 0.2) is 24.3 Å². The molecule has 1 aromatic rings. The van der Waals surface area contributed by atoms with E-state index in [1.54, 1.807) is 30.9 Å². The number of benzene rings is 1. The Labute approximate surface area is 157 Å². The number of carbonyl (C=O) groups excluding carboxylic acids is 3. The van der Waals surface area contributed by atoms with E-state index in [2.05, 4.69) is 5.32 Å². The number of β-amino-alcohol motifs (C(OH)–C–C–N with tert-alkyl or cyclic N) is 1. The van der Waals surface area contributed by atoms with Crippen molar-refractivity contribution in [3.8, 4) is 0 Å². The van der Waals surface area contributed by atoms with Crippen LogP contribution in [0.25, 0.3) is 0 Å². The van der Waals surface area contributed by atoms with Crippen molar-refractivity contribution < 1.29 is 23.9 Å². The van der Waals surface area contributed by atoms with Crippen LogP contribution < -0.4 is 5.32 Å². The van der Waals surface area contributed by atoms with E-state index in [0.717, 1.165) is 10.5 Å².